The first-order valence-corrected chi connectivity index (χ1v) is 7.79. The predicted molar refractivity (Wildman–Crippen MR) is 82.4 cm³/mol. The molecule has 4 heteroatoms. The van der Waals surface area contributed by atoms with Gasteiger partial charge in [-0.3, -0.25) is 4.68 Å². The van der Waals surface area contributed by atoms with E-state index < -0.39 is 11.5 Å². The number of aliphatic hydroxyl groups is 1. The van der Waals surface area contributed by atoms with Crippen molar-refractivity contribution in [3.05, 3.63) is 17.5 Å². The zero-order valence-electron chi connectivity index (χ0n) is 13.8. The van der Waals surface area contributed by atoms with Gasteiger partial charge >= 0.3 is 0 Å². The molecular formula is C17H27N3O. The number of aliphatic hydroxyl groups excluding tert-OH is 1. The van der Waals surface area contributed by atoms with Crippen LogP contribution in [0, 0.1) is 35.0 Å². The molecule has 0 aliphatic heterocycles. The van der Waals surface area contributed by atoms with E-state index in [9.17, 15) is 10.4 Å². The minimum Gasteiger partial charge on any atom is -0.387 e. The van der Waals surface area contributed by atoms with E-state index >= 15 is 0 Å². The fourth-order valence-electron chi connectivity index (χ4n) is 3.53. The molecule has 116 valence electrons. The lowest BCUT2D eigenvalue weighted by atomic mass is 9.62. The Kier molecular flexibility index (Phi) is 4.17. The summed E-state index contributed by atoms with van der Waals surface area (Å²) in [5.74, 6) is 0.626. The van der Waals surface area contributed by atoms with Crippen LogP contribution in [0.2, 0.25) is 0 Å². The number of nitrogens with zero attached hydrogens (tertiary/aromatic N) is 3. The highest BCUT2D eigenvalue weighted by atomic mass is 16.3. The molecule has 0 amide bonds. The molecule has 1 unspecified atom stereocenters. The van der Waals surface area contributed by atoms with Crippen LogP contribution < -0.4 is 0 Å². The van der Waals surface area contributed by atoms with Crippen molar-refractivity contribution in [1.82, 2.24) is 9.78 Å². The fourth-order valence-corrected chi connectivity index (χ4v) is 3.53. The molecule has 21 heavy (non-hydrogen) atoms. The lowest BCUT2D eigenvalue weighted by Gasteiger charge is -2.42. The van der Waals surface area contributed by atoms with Crippen molar-refractivity contribution in [2.75, 3.05) is 0 Å². The first-order chi connectivity index (χ1) is 9.71. The number of hydrogen-bond acceptors (Lipinski definition) is 3. The molecule has 1 N–H and O–H groups in total. The van der Waals surface area contributed by atoms with Gasteiger partial charge in [-0.05, 0) is 43.9 Å². The summed E-state index contributed by atoms with van der Waals surface area (Å²) in [6, 6.07) is 2.44. The zero-order valence-corrected chi connectivity index (χ0v) is 13.8. The summed E-state index contributed by atoms with van der Waals surface area (Å²) in [5.41, 5.74) is 1.36. The molecule has 2 rings (SSSR count). The van der Waals surface area contributed by atoms with E-state index in [1.54, 1.807) is 10.9 Å². The SMILES string of the molecule is Cc1c(C(O)C2(C#N)CCC(C(C)(C)C)CC2)cnn1C. The second-order valence-electron chi connectivity index (χ2n) is 7.62. The quantitative estimate of drug-likeness (QED) is 0.906. The number of aromatic nitrogens is 2. The van der Waals surface area contributed by atoms with E-state index in [1.807, 2.05) is 14.0 Å². The molecule has 1 aliphatic carbocycles. The Morgan fingerprint density at radius 2 is 2.00 bits per heavy atom. The molecule has 0 bridgehead atoms. The maximum Gasteiger partial charge on any atom is 0.101 e. The van der Waals surface area contributed by atoms with Gasteiger partial charge in [0.15, 0.2) is 0 Å². The van der Waals surface area contributed by atoms with Crippen molar-refractivity contribution in [3.8, 4) is 6.07 Å². The van der Waals surface area contributed by atoms with E-state index in [4.69, 9.17) is 0 Å². The molecule has 1 fully saturated rings. The lowest BCUT2D eigenvalue weighted by Crippen LogP contribution is -2.36. The minimum absolute atomic E-state index is 0.275. The monoisotopic (exact) mass is 289 g/mol. The van der Waals surface area contributed by atoms with Crippen molar-refractivity contribution in [2.24, 2.45) is 23.8 Å². The molecule has 1 aliphatic rings. The Morgan fingerprint density at radius 1 is 1.43 bits per heavy atom. The van der Waals surface area contributed by atoms with Gasteiger partial charge in [0, 0.05) is 18.3 Å². The summed E-state index contributed by atoms with van der Waals surface area (Å²) in [4.78, 5) is 0. The smallest absolute Gasteiger partial charge is 0.101 e. The topological polar surface area (TPSA) is 61.8 Å². The van der Waals surface area contributed by atoms with Gasteiger partial charge in [-0.25, -0.2) is 0 Å². The van der Waals surface area contributed by atoms with Crippen LogP contribution in [0.5, 0.6) is 0 Å². The summed E-state index contributed by atoms with van der Waals surface area (Å²) < 4.78 is 1.75. The third-order valence-corrected chi connectivity index (χ3v) is 5.42. The van der Waals surface area contributed by atoms with Gasteiger partial charge < -0.3 is 5.11 Å². The lowest BCUT2D eigenvalue weighted by molar-refractivity contribution is 0.00802. The fraction of sp³-hybridized carbons (Fsp3) is 0.765. The second kappa shape index (κ2) is 5.46. The number of nitriles is 1. The van der Waals surface area contributed by atoms with Gasteiger partial charge in [-0.1, -0.05) is 20.8 Å². The molecular weight excluding hydrogens is 262 g/mol. The maximum atomic E-state index is 10.8. The third kappa shape index (κ3) is 2.85. The summed E-state index contributed by atoms with van der Waals surface area (Å²) in [7, 11) is 1.86. The summed E-state index contributed by atoms with van der Waals surface area (Å²) in [5, 5.41) is 24.7. The van der Waals surface area contributed by atoms with Gasteiger partial charge in [0.1, 0.15) is 6.10 Å². The van der Waals surface area contributed by atoms with Crippen LogP contribution in [0.4, 0.5) is 0 Å². The zero-order chi connectivity index (χ0) is 15.8. The third-order valence-electron chi connectivity index (χ3n) is 5.42. The number of hydrogen-bond donors (Lipinski definition) is 1. The van der Waals surface area contributed by atoms with Crippen LogP contribution in [0.15, 0.2) is 6.20 Å². The normalized spacial score (nSPS) is 28.1. The van der Waals surface area contributed by atoms with Crippen LogP contribution in [0.1, 0.15) is 63.8 Å². The first kappa shape index (κ1) is 16.0. The van der Waals surface area contributed by atoms with Gasteiger partial charge in [-0.15, -0.1) is 0 Å². The second-order valence-corrected chi connectivity index (χ2v) is 7.62. The van der Waals surface area contributed by atoms with E-state index in [0.717, 1.165) is 36.9 Å². The predicted octanol–water partition coefficient (Wildman–Crippen LogP) is 3.51. The average molecular weight is 289 g/mol. The molecule has 4 nitrogen and oxygen atoms in total. The van der Waals surface area contributed by atoms with Crippen molar-refractivity contribution >= 4 is 0 Å². The van der Waals surface area contributed by atoms with Gasteiger partial charge in [0.2, 0.25) is 0 Å². The highest BCUT2D eigenvalue weighted by Crippen LogP contribution is 2.50. The average Bonchev–Trinajstić information content (AvgIpc) is 2.77. The molecule has 1 saturated carbocycles. The van der Waals surface area contributed by atoms with Crippen LogP contribution in [-0.2, 0) is 7.05 Å². The molecule has 0 spiro atoms. The molecule has 0 radical (unpaired) electrons. The van der Waals surface area contributed by atoms with E-state index in [2.05, 4.69) is 31.9 Å². The first-order valence-electron chi connectivity index (χ1n) is 7.79. The largest absolute Gasteiger partial charge is 0.387 e. The Bertz CT molecular complexity index is 539. The Labute approximate surface area is 127 Å². The van der Waals surface area contributed by atoms with E-state index in [0.29, 0.717) is 5.92 Å². The van der Waals surface area contributed by atoms with Crippen LogP contribution >= 0.6 is 0 Å². The summed E-state index contributed by atoms with van der Waals surface area (Å²) >= 11 is 0. The Morgan fingerprint density at radius 3 is 2.38 bits per heavy atom. The van der Waals surface area contributed by atoms with Crippen molar-refractivity contribution in [2.45, 2.75) is 59.5 Å². The van der Waals surface area contributed by atoms with Gasteiger partial charge in [0.05, 0.1) is 17.7 Å². The minimum atomic E-state index is -0.739. The van der Waals surface area contributed by atoms with Crippen LogP contribution in [0.25, 0.3) is 0 Å². The molecule has 1 aromatic heterocycles. The molecule has 1 aromatic rings. The molecule has 0 saturated heterocycles. The highest BCUT2D eigenvalue weighted by molar-refractivity contribution is 5.25. The van der Waals surface area contributed by atoms with Crippen molar-refractivity contribution in [3.63, 3.8) is 0 Å². The molecule has 0 aromatic carbocycles. The van der Waals surface area contributed by atoms with Crippen molar-refractivity contribution in [1.29, 1.82) is 5.26 Å². The highest BCUT2D eigenvalue weighted by Gasteiger charge is 2.45. The Balaban J connectivity index is 2.21. The maximum absolute atomic E-state index is 10.8. The van der Waals surface area contributed by atoms with Gasteiger partial charge in [-0.2, -0.15) is 10.4 Å². The Hall–Kier alpha value is -1.34. The summed E-state index contributed by atoms with van der Waals surface area (Å²) in [6.45, 7) is 8.73. The van der Waals surface area contributed by atoms with Gasteiger partial charge in [0.25, 0.3) is 0 Å². The standard InChI is InChI=1S/C17H27N3O/c1-12-14(10-19-20(12)5)15(21)17(11-18)8-6-13(7-9-17)16(2,3)4/h10,13,15,21H,6-9H2,1-5H3. The molecule has 1 atom stereocenters. The van der Waals surface area contributed by atoms with Crippen LogP contribution in [0.3, 0.4) is 0 Å². The van der Waals surface area contributed by atoms with Crippen LogP contribution in [-0.4, -0.2) is 14.9 Å². The van der Waals surface area contributed by atoms with E-state index in [1.165, 1.54) is 0 Å². The van der Waals surface area contributed by atoms with Crippen molar-refractivity contribution < 1.29 is 5.11 Å². The number of aryl methyl sites for hydroxylation is 1. The number of rotatable bonds is 2. The van der Waals surface area contributed by atoms with E-state index in [-0.39, 0.29) is 5.41 Å². The summed E-state index contributed by atoms with van der Waals surface area (Å²) in [6.07, 6.45) is 4.51. The molecule has 1 heterocycles.